The fourth-order valence-electron chi connectivity index (χ4n) is 1.38. The van der Waals surface area contributed by atoms with Crippen LogP contribution in [0.3, 0.4) is 0 Å². The summed E-state index contributed by atoms with van der Waals surface area (Å²) in [4.78, 5) is 0. The van der Waals surface area contributed by atoms with Gasteiger partial charge in [0.15, 0.2) is 6.29 Å². The molecule has 0 aromatic heterocycles. The first-order valence-corrected chi connectivity index (χ1v) is 5.75. The van der Waals surface area contributed by atoms with E-state index in [4.69, 9.17) is 14.2 Å². The molecule has 0 aliphatic carbocycles. The number of rotatable bonds is 4. The Labute approximate surface area is 97.5 Å². The first-order chi connectivity index (χ1) is 7.34. The van der Waals surface area contributed by atoms with Gasteiger partial charge in [0.2, 0.25) is 0 Å². The number of hydrogen-bond acceptors (Lipinski definition) is 3. The molecule has 0 atom stereocenters. The molecule has 1 aliphatic rings. The number of hydrogen-bond donors (Lipinski definition) is 0. The summed E-state index contributed by atoms with van der Waals surface area (Å²) < 4.78 is 17.2. The molecule has 0 amide bonds. The summed E-state index contributed by atoms with van der Waals surface area (Å²) in [7, 11) is 0. The van der Waals surface area contributed by atoms with Crippen molar-refractivity contribution in [1.29, 1.82) is 0 Å². The Hall–Kier alpha value is -0.580. The minimum atomic E-state index is -0.0829. The molecule has 82 valence electrons. The Bertz CT molecular complexity index is 293. The summed E-state index contributed by atoms with van der Waals surface area (Å²) in [5.74, 6) is 0.871. The Morgan fingerprint density at radius 1 is 1.20 bits per heavy atom. The van der Waals surface area contributed by atoms with Crippen molar-refractivity contribution in [1.82, 2.24) is 0 Å². The predicted molar refractivity (Wildman–Crippen MR) is 59.9 cm³/mol. The SMILES string of the molecule is Brc1ccc(OCCC2OCCO2)cc1. The van der Waals surface area contributed by atoms with Gasteiger partial charge in [0.25, 0.3) is 0 Å². The van der Waals surface area contributed by atoms with Crippen LogP contribution in [-0.4, -0.2) is 26.1 Å². The molecular formula is C11H13BrO3. The van der Waals surface area contributed by atoms with Crippen LogP contribution in [0.15, 0.2) is 28.7 Å². The Morgan fingerprint density at radius 3 is 2.53 bits per heavy atom. The second-order valence-electron chi connectivity index (χ2n) is 3.26. The summed E-state index contributed by atoms with van der Waals surface area (Å²) in [6, 6.07) is 7.77. The lowest BCUT2D eigenvalue weighted by atomic mass is 10.3. The lowest BCUT2D eigenvalue weighted by Gasteiger charge is -2.10. The second kappa shape index (κ2) is 5.49. The van der Waals surface area contributed by atoms with E-state index in [2.05, 4.69) is 15.9 Å². The Morgan fingerprint density at radius 2 is 1.87 bits per heavy atom. The average Bonchev–Trinajstić information content (AvgIpc) is 2.74. The van der Waals surface area contributed by atoms with Crippen LogP contribution in [0.5, 0.6) is 5.75 Å². The van der Waals surface area contributed by atoms with Crippen LogP contribution in [0.4, 0.5) is 0 Å². The lowest BCUT2D eigenvalue weighted by Crippen LogP contribution is -2.12. The highest BCUT2D eigenvalue weighted by Gasteiger charge is 2.15. The molecular weight excluding hydrogens is 260 g/mol. The summed E-state index contributed by atoms with van der Waals surface area (Å²) in [6.07, 6.45) is 0.691. The monoisotopic (exact) mass is 272 g/mol. The van der Waals surface area contributed by atoms with Gasteiger partial charge in [-0.1, -0.05) is 15.9 Å². The third-order valence-electron chi connectivity index (χ3n) is 2.13. The highest BCUT2D eigenvalue weighted by atomic mass is 79.9. The summed E-state index contributed by atoms with van der Waals surface area (Å²) in [6.45, 7) is 2.01. The number of halogens is 1. The van der Waals surface area contributed by atoms with Gasteiger partial charge in [-0.05, 0) is 24.3 Å². The lowest BCUT2D eigenvalue weighted by molar-refractivity contribution is -0.0531. The maximum atomic E-state index is 5.54. The highest BCUT2D eigenvalue weighted by molar-refractivity contribution is 9.10. The van der Waals surface area contributed by atoms with Crippen molar-refractivity contribution in [3.05, 3.63) is 28.7 Å². The maximum Gasteiger partial charge on any atom is 0.161 e. The summed E-state index contributed by atoms with van der Waals surface area (Å²) in [5, 5.41) is 0. The van der Waals surface area contributed by atoms with Crippen LogP contribution in [0, 0.1) is 0 Å². The van der Waals surface area contributed by atoms with E-state index in [9.17, 15) is 0 Å². The molecule has 0 bridgehead atoms. The second-order valence-corrected chi connectivity index (χ2v) is 4.18. The Balaban J connectivity index is 1.71. The van der Waals surface area contributed by atoms with Gasteiger partial charge in [-0.3, -0.25) is 0 Å². The van der Waals surface area contributed by atoms with Crippen molar-refractivity contribution >= 4 is 15.9 Å². The Kier molecular flexibility index (Phi) is 4.00. The van der Waals surface area contributed by atoms with Crippen molar-refractivity contribution in [3.63, 3.8) is 0 Å². The van der Waals surface area contributed by atoms with Crippen LogP contribution in [0.1, 0.15) is 6.42 Å². The van der Waals surface area contributed by atoms with Crippen LogP contribution < -0.4 is 4.74 Å². The third-order valence-corrected chi connectivity index (χ3v) is 2.66. The van der Waals surface area contributed by atoms with E-state index in [1.165, 1.54) is 0 Å². The van der Waals surface area contributed by atoms with Crippen molar-refractivity contribution in [3.8, 4) is 5.75 Å². The smallest absolute Gasteiger partial charge is 0.161 e. The molecule has 2 rings (SSSR count). The predicted octanol–water partition coefficient (Wildman–Crippen LogP) is 2.59. The van der Waals surface area contributed by atoms with Gasteiger partial charge in [0.1, 0.15) is 5.75 Å². The summed E-state index contributed by atoms with van der Waals surface area (Å²) in [5.41, 5.74) is 0. The van der Waals surface area contributed by atoms with Gasteiger partial charge < -0.3 is 14.2 Å². The van der Waals surface area contributed by atoms with E-state index >= 15 is 0 Å². The minimum Gasteiger partial charge on any atom is -0.493 e. The molecule has 15 heavy (non-hydrogen) atoms. The molecule has 0 spiro atoms. The summed E-state index contributed by atoms with van der Waals surface area (Å²) >= 11 is 3.37. The average molecular weight is 273 g/mol. The largest absolute Gasteiger partial charge is 0.493 e. The molecule has 1 saturated heterocycles. The van der Waals surface area contributed by atoms with Gasteiger partial charge in [-0.15, -0.1) is 0 Å². The zero-order valence-corrected chi connectivity index (χ0v) is 9.90. The van der Waals surface area contributed by atoms with E-state index in [-0.39, 0.29) is 6.29 Å². The molecule has 0 N–H and O–H groups in total. The van der Waals surface area contributed by atoms with Crippen molar-refractivity contribution in [2.45, 2.75) is 12.7 Å². The van der Waals surface area contributed by atoms with Crippen LogP contribution >= 0.6 is 15.9 Å². The minimum absolute atomic E-state index is 0.0829. The van der Waals surface area contributed by atoms with E-state index in [1.807, 2.05) is 24.3 Å². The normalized spacial score (nSPS) is 16.9. The molecule has 0 radical (unpaired) electrons. The van der Waals surface area contributed by atoms with Gasteiger partial charge in [0.05, 0.1) is 19.8 Å². The maximum absolute atomic E-state index is 5.54. The molecule has 1 fully saturated rings. The number of benzene rings is 1. The molecule has 4 heteroatoms. The van der Waals surface area contributed by atoms with Crippen LogP contribution in [0.2, 0.25) is 0 Å². The van der Waals surface area contributed by atoms with Crippen LogP contribution in [-0.2, 0) is 9.47 Å². The molecule has 1 aromatic carbocycles. The van der Waals surface area contributed by atoms with E-state index in [0.29, 0.717) is 19.8 Å². The first-order valence-electron chi connectivity index (χ1n) is 4.96. The third kappa shape index (κ3) is 3.48. The quantitative estimate of drug-likeness (QED) is 0.844. The highest BCUT2D eigenvalue weighted by Crippen LogP contribution is 2.17. The topological polar surface area (TPSA) is 27.7 Å². The molecule has 0 saturated carbocycles. The molecule has 3 nitrogen and oxygen atoms in total. The van der Waals surface area contributed by atoms with Crippen molar-refractivity contribution in [2.24, 2.45) is 0 Å². The van der Waals surface area contributed by atoms with E-state index in [1.54, 1.807) is 0 Å². The zero-order valence-electron chi connectivity index (χ0n) is 8.32. The van der Waals surface area contributed by atoms with Gasteiger partial charge in [-0.25, -0.2) is 0 Å². The standard InChI is InChI=1S/C11H13BrO3/c12-9-1-3-10(4-2-9)13-6-5-11-14-7-8-15-11/h1-4,11H,5-8H2. The fourth-order valence-corrected chi connectivity index (χ4v) is 1.64. The van der Waals surface area contributed by atoms with Crippen molar-refractivity contribution < 1.29 is 14.2 Å². The fraction of sp³-hybridized carbons (Fsp3) is 0.455. The molecule has 1 heterocycles. The van der Waals surface area contributed by atoms with Crippen molar-refractivity contribution in [2.75, 3.05) is 19.8 Å². The molecule has 1 aromatic rings. The molecule has 0 unspecified atom stereocenters. The number of ether oxygens (including phenoxy) is 3. The van der Waals surface area contributed by atoms with Gasteiger partial charge in [0, 0.05) is 10.9 Å². The molecule has 1 aliphatic heterocycles. The van der Waals surface area contributed by atoms with Crippen LogP contribution in [0.25, 0.3) is 0 Å². The van der Waals surface area contributed by atoms with Gasteiger partial charge >= 0.3 is 0 Å². The zero-order chi connectivity index (χ0) is 10.5. The van der Waals surface area contributed by atoms with Gasteiger partial charge in [-0.2, -0.15) is 0 Å². The van der Waals surface area contributed by atoms with E-state index < -0.39 is 0 Å². The first kappa shape index (κ1) is 10.9. The van der Waals surface area contributed by atoms with E-state index in [0.717, 1.165) is 16.6 Å².